The van der Waals surface area contributed by atoms with Crippen LogP contribution in [0.4, 0.5) is 9.18 Å². The second-order valence-corrected chi connectivity index (χ2v) is 15.7. The van der Waals surface area contributed by atoms with E-state index in [1.54, 1.807) is 32.9 Å². The lowest BCUT2D eigenvalue weighted by Crippen LogP contribution is -2.59. The molecule has 0 spiro atoms. The van der Waals surface area contributed by atoms with Gasteiger partial charge in [-0.15, -0.1) is 0 Å². The molecule has 1 unspecified atom stereocenters. The van der Waals surface area contributed by atoms with E-state index in [0.29, 0.717) is 18.4 Å². The van der Waals surface area contributed by atoms with Crippen LogP contribution in [0.3, 0.4) is 0 Å². The molecule has 0 saturated carbocycles. The van der Waals surface area contributed by atoms with Gasteiger partial charge in [0.2, 0.25) is 0 Å². The lowest BCUT2D eigenvalue weighted by molar-refractivity contribution is -0.299. The molecule has 50 heavy (non-hydrogen) atoms. The Morgan fingerprint density at radius 1 is 1.12 bits per heavy atom. The minimum absolute atomic E-state index is 0.0468. The molecule has 3 fully saturated rings. The van der Waals surface area contributed by atoms with Crippen molar-refractivity contribution in [2.75, 3.05) is 14.1 Å². The quantitative estimate of drug-likeness (QED) is 0.305. The molecule has 0 aromatic heterocycles. The van der Waals surface area contributed by atoms with E-state index in [0.717, 1.165) is 0 Å². The SMILES string of the molecule is CC[C@@H]1OC(=O)[C@H](C)[C@@H](OC(=O)NCc2ccc(F)cc2)[C@H](C)[C@@H](O[C@@H]2O[C@H](C)C[C@H](N(C)C)[C@H]2O)[C@@](C)(O)C[C@@H](C)[C@H]2OC1(C)[C@@H](N)[C@@H]2C. The van der Waals surface area contributed by atoms with Crippen LogP contribution < -0.4 is 11.1 Å². The first-order chi connectivity index (χ1) is 23.3. The maximum absolute atomic E-state index is 14.0. The zero-order chi connectivity index (χ0) is 37.3. The van der Waals surface area contributed by atoms with Gasteiger partial charge in [0.05, 0.1) is 29.8 Å². The summed E-state index contributed by atoms with van der Waals surface area (Å²) >= 11 is 0. The molecule has 3 aliphatic heterocycles. The number of likely N-dealkylation sites (N-methyl/N-ethyl adjacent to an activating group) is 1. The Kier molecular flexibility index (Phi) is 13.0. The van der Waals surface area contributed by atoms with Gasteiger partial charge in [0.1, 0.15) is 29.7 Å². The van der Waals surface area contributed by atoms with Crippen LogP contribution >= 0.6 is 0 Å². The van der Waals surface area contributed by atoms with E-state index in [9.17, 15) is 24.2 Å². The molecule has 3 heterocycles. The van der Waals surface area contributed by atoms with Gasteiger partial charge in [-0.1, -0.05) is 39.8 Å². The number of nitrogens with zero attached hydrogens (tertiary/aromatic N) is 1. The lowest BCUT2D eigenvalue weighted by Gasteiger charge is -2.47. The number of halogens is 1. The maximum Gasteiger partial charge on any atom is 0.407 e. The number of alkyl carbamates (subject to hydrolysis) is 1. The Morgan fingerprint density at radius 3 is 2.36 bits per heavy atom. The molecule has 3 aliphatic rings. The number of esters is 1. The predicted molar refractivity (Wildman–Crippen MR) is 184 cm³/mol. The number of rotatable bonds is 7. The monoisotopic (exact) mass is 709 g/mol. The second kappa shape index (κ2) is 16.1. The fourth-order valence-electron chi connectivity index (χ4n) is 8.42. The van der Waals surface area contributed by atoms with Crippen molar-refractivity contribution in [3.63, 3.8) is 0 Å². The minimum atomic E-state index is -1.60. The fraction of sp³-hybridized carbons (Fsp3) is 0.784. The highest BCUT2D eigenvalue weighted by Crippen LogP contribution is 2.45. The number of hydrogen-bond acceptors (Lipinski definition) is 11. The molecule has 13 heteroatoms. The summed E-state index contributed by atoms with van der Waals surface area (Å²) in [5.74, 6) is -3.25. The molecule has 12 nitrogen and oxygen atoms in total. The number of aliphatic hydroxyl groups is 2. The first-order valence-electron chi connectivity index (χ1n) is 18.0. The molecule has 284 valence electrons. The molecule has 1 aromatic rings. The summed E-state index contributed by atoms with van der Waals surface area (Å²) in [7, 11) is 3.74. The number of carbonyl (C=O) groups is 2. The van der Waals surface area contributed by atoms with E-state index >= 15 is 0 Å². The van der Waals surface area contributed by atoms with Gasteiger partial charge < -0.3 is 49.8 Å². The minimum Gasteiger partial charge on any atom is -0.459 e. The molecule has 0 aliphatic carbocycles. The summed E-state index contributed by atoms with van der Waals surface area (Å²) in [6.45, 7) is 14.7. The first-order valence-corrected chi connectivity index (χ1v) is 18.0. The smallest absolute Gasteiger partial charge is 0.407 e. The molecule has 1 amide bonds. The van der Waals surface area contributed by atoms with Crippen LogP contribution in [0.5, 0.6) is 0 Å². The average Bonchev–Trinajstić information content (AvgIpc) is 3.29. The number of nitrogens with one attached hydrogen (secondary N) is 1. The van der Waals surface area contributed by atoms with Gasteiger partial charge in [-0.2, -0.15) is 0 Å². The number of benzene rings is 1. The van der Waals surface area contributed by atoms with Gasteiger partial charge in [-0.25, -0.2) is 9.18 Å². The standard InChI is InChI=1S/C37H60FN3O9/c1-11-27-37(8)31(39)21(4)29(50-37)19(2)17-36(7,45)32(49-34-28(42)26(41(9)10)16-20(3)46-34)22(5)30(23(6)33(43)47-27)48-35(44)40-18-24-12-14-25(38)15-13-24/h12-15,19-23,26-32,34,42,45H,11,16-18,39H2,1-10H3,(H,40,44)/t19-,20-,21-,22+,23-,26+,27+,28-,29-,30+,31+,32-,34+,36+,37?/m1/s1. The fourth-order valence-corrected chi connectivity index (χ4v) is 8.42. The van der Waals surface area contributed by atoms with Gasteiger partial charge in [0.25, 0.3) is 0 Å². The normalized spacial score (nSPS) is 42.9. The van der Waals surface area contributed by atoms with Crippen LogP contribution in [0.25, 0.3) is 0 Å². The number of amides is 1. The third-order valence-corrected chi connectivity index (χ3v) is 11.3. The van der Waals surface area contributed by atoms with Crippen molar-refractivity contribution < 1.29 is 47.9 Å². The summed E-state index contributed by atoms with van der Waals surface area (Å²) in [4.78, 5) is 29.3. The van der Waals surface area contributed by atoms with E-state index in [1.807, 2.05) is 53.6 Å². The van der Waals surface area contributed by atoms with Crippen molar-refractivity contribution in [2.45, 2.75) is 147 Å². The summed E-state index contributed by atoms with van der Waals surface area (Å²) in [6, 6.07) is 4.92. The van der Waals surface area contributed by atoms with Crippen molar-refractivity contribution in [3.8, 4) is 0 Å². The largest absolute Gasteiger partial charge is 0.459 e. The number of nitrogens with two attached hydrogens (primary N) is 1. The number of carbonyl (C=O) groups excluding carboxylic acids is 2. The number of ether oxygens (including phenoxy) is 5. The van der Waals surface area contributed by atoms with E-state index in [-0.39, 0.29) is 43.1 Å². The van der Waals surface area contributed by atoms with Crippen LogP contribution in [-0.2, 0) is 35.0 Å². The van der Waals surface area contributed by atoms with Crippen molar-refractivity contribution in [3.05, 3.63) is 35.6 Å². The van der Waals surface area contributed by atoms with Crippen molar-refractivity contribution in [1.29, 1.82) is 0 Å². The van der Waals surface area contributed by atoms with Crippen LogP contribution in [0.1, 0.15) is 80.2 Å². The highest BCUT2D eigenvalue weighted by molar-refractivity contribution is 5.74. The predicted octanol–water partition coefficient (Wildman–Crippen LogP) is 3.74. The molecule has 4 rings (SSSR count). The van der Waals surface area contributed by atoms with Crippen LogP contribution in [0.2, 0.25) is 0 Å². The summed E-state index contributed by atoms with van der Waals surface area (Å²) in [6.07, 6.45) is -5.43. The Labute approximate surface area is 296 Å². The third-order valence-electron chi connectivity index (χ3n) is 11.3. The molecular formula is C37H60FN3O9. The number of aliphatic hydroxyl groups excluding tert-OH is 1. The summed E-state index contributed by atoms with van der Waals surface area (Å²) in [5, 5.41) is 26.6. The summed E-state index contributed by atoms with van der Waals surface area (Å²) in [5.41, 5.74) is 4.83. The third kappa shape index (κ3) is 8.62. The van der Waals surface area contributed by atoms with E-state index in [1.165, 1.54) is 12.1 Å². The second-order valence-electron chi connectivity index (χ2n) is 15.7. The van der Waals surface area contributed by atoms with Crippen molar-refractivity contribution >= 4 is 12.1 Å². The highest BCUT2D eigenvalue weighted by atomic mass is 19.1. The van der Waals surface area contributed by atoms with E-state index in [2.05, 4.69) is 5.32 Å². The molecule has 0 radical (unpaired) electrons. The first kappa shape index (κ1) is 40.4. The number of fused-ring (bicyclic) bond motifs is 2. The topological polar surface area (TPSA) is 162 Å². The van der Waals surface area contributed by atoms with Gasteiger partial charge in [0.15, 0.2) is 6.29 Å². The molecule has 3 saturated heterocycles. The molecule has 2 bridgehead atoms. The molecule has 5 N–H and O–H groups in total. The van der Waals surface area contributed by atoms with Gasteiger partial charge in [-0.05, 0) is 84.7 Å². The van der Waals surface area contributed by atoms with Crippen molar-refractivity contribution in [2.24, 2.45) is 29.4 Å². The van der Waals surface area contributed by atoms with Crippen LogP contribution in [0, 0.1) is 29.5 Å². The number of hydrogen-bond donors (Lipinski definition) is 4. The maximum atomic E-state index is 14.0. The van der Waals surface area contributed by atoms with E-state index < -0.39 is 77.7 Å². The highest BCUT2D eigenvalue weighted by Gasteiger charge is 2.57. The van der Waals surface area contributed by atoms with Gasteiger partial charge in [-0.3, -0.25) is 4.79 Å². The zero-order valence-corrected chi connectivity index (χ0v) is 31.3. The Bertz CT molecular complexity index is 1300. The zero-order valence-electron chi connectivity index (χ0n) is 31.3. The molecule has 1 aromatic carbocycles. The van der Waals surface area contributed by atoms with Crippen LogP contribution in [-0.4, -0.2) is 107 Å². The Hall–Kier alpha value is -2.39. The Morgan fingerprint density at radius 2 is 1.76 bits per heavy atom. The molecule has 15 atom stereocenters. The van der Waals surface area contributed by atoms with Gasteiger partial charge in [0, 0.05) is 30.5 Å². The summed E-state index contributed by atoms with van der Waals surface area (Å²) < 4.78 is 45.1. The average molecular weight is 710 g/mol. The van der Waals surface area contributed by atoms with E-state index in [4.69, 9.17) is 29.4 Å². The Balaban J connectivity index is 1.75. The molecular weight excluding hydrogens is 649 g/mol. The van der Waals surface area contributed by atoms with Gasteiger partial charge >= 0.3 is 12.1 Å². The lowest BCUT2D eigenvalue weighted by atomic mass is 9.75. The number of cyclic esters (lactones) is 1. The van der Waals surface area contributed by atoms with Crippen molar-refractivity contribution in [1.82, 2.24) is 10.2 Å². The van der Waals surface area contributed by atoms with Crippen LogP contribution in [0.15, 0.2) is 24.3 Å².